The molecular formula is C11H16BrClN2. The topological polar surface area (TPSA) is 29.3 Å². The molecule has 84 valence electrons. The third kappa shape index (κ3) is 4.11. The highest BCUT2D eigenvalue weighted by atomic mass is 79.9. The minimum Gasteiger partial charge on any atom is -0.324 e. The first-order valence-electron chi connectivity index (χ1n) is 4.86. The maximum absolute atomic E-state index is 6.12. The molecule has 0 aliphatic carbocycles. The summed E-state index contributed by atoms with van der Waals surface area (Å²) < 4.78 is 0.982. The van der Waals surface area contributed by atoms with Crippen molar-refractivity contribution in [3.05, 3.63) is 33.3 Å². The van der Waals surface area contributed by atoms with Gasteiger partial charge in [-0.2, -0.15) is 0 Å². The maximum atomic E-state index is 6.12. The third-order valence-electron chi connectivity index (χ3n) is 2.25. The number of nitrogens with two attached hydrogens (primary N) is 1. The Balaban J connectivity index is 2.69. The van der Waals surface area contributed by atoms with E-state index in [4.69, 9.17) is 17.3 Å². The average molecular weight is 292 g/mol. The molecule has 2 nitrogen and oxygen atoms in total. The normalized spacial score (nSPS) is 13.2. The Morgan fingerprint density at radius 1 is 1.47 bits per heavy atom. The fourth-order valence-electron chi connectivity index (χ4n) is 1.35. The molecule has 1 aromatic rings. The van der Waals surface area contributed by atoms with Crippen molar-refractivity contribution in [2.24, 2.45) is 5.73 Å². The van der Waals surface area contributed by atoms with E-state index in [1.165, 1.54) is 0 Å². The van der Waals surface area contributed by atoms with Gasteiger partial charge >= 0.3 is 0 Å². The van der Waals surface area contributed by atoms with Crippen LogP contribution in [-0.4, -0.2) is 25.5 Å². The van der Waals surface area contributed by atoms with Crippen LogP contribution >= 0.6 is 27.5 Å². The molecule has 0 amide bonds. The molecule has 15 heavy (non-hydrogen) atoms. The van der Waals surface area contributed by atoms with Crippen LogP contribution in [0.25, 0.3) is 0 Å². The SMILES string of the molecule is CN(C)CCC(N)c1ccc(Br)cc1Cl. The van der Waals surface area contributed by atoms with E-state index in [0.29, 0.717) is 0 Å². The summed E-state index contributed by atoms with van der Waals surface area (Å²) in [6.45, 7) is 0.966. The molecule has 1 atom stereocenters. The van der Waals surface area contributed by atoms with Gasteiger partial charge in [-0.1, -0.05) is 33.6 Å². The van der Waals surface area contributed by atoms with Crippen LogP contribution in [-0.2, 0) is 0 Å². The van der Waals surface area contributed by atoms with E-state index in [0.717, 1.165) is 28.0 Å². The lowest BCUT2D eigenvalue weighted by Crippen LogP contribution is -2.20. The Morgan fingerprint density at radius 2 is 2.13 bits per heavy atom. The number of halogens is 2. The van der Waals surface area contributed by atoms with Gasteiger partial charge in [-0.25, -0.2) is 0 Å². The summed E-state index contributed by atoms with van der Waals surface area (Å²) in [5, 5.41) is 0.732. The lowest BCUT2D eigenvalue weighted by molar-refractivity contribution is 0.382. The lowest BCUT2D eigenvalue weighted by Gasteiger charge is -2.16. The van der Waals surface area contributed by atoms with Crippen molar-refractivity contribution in [1.29, 1.82) is 0 Å². The van der Waals surface area contributed by atoms with Crippen molar-refractivity contribution in [2.45, 2.75) is 12.5 Å². The second-order valence-corrected chi connectivity index (χ2v) is 5.19. The van der Waals surface area contributed by atoms with Crippen LogP contribution in [0, 0.1) is 0 Å². The summed E-state index contributed by atoms with van der Waals surface area (Å²) in [5.74, 6) is 0. The number of rotatable bonds is 4. The number of hydrogen-bond donors (Lipinski definition) is 1. The molecule has 0 heterocycles. The van der Waals surface area contributed by atoms with Gasteiger partial charge in [0.15, 0.2) is 0 Å². The van der Waals surface area contributed by atoms with Crippen LogP contribution in [0.15, 0.2) is 22.7 Å². The quantitative estimate of drug-likeness (QED) is 0.924. The van der Waals surface area contributed by atoms with Crippen LogP contribution < -0.4 is 5.73 Å². The largest absolute Gasteiger partial charge is 0.324 e. The standard InChI is InChI=1S/C11H16BrClN2/c1-15(2)6-5-11(14)9-4-3-8(12)7-10(9)13/h3-4,7,11H,5-6,14H2,1-2H3. The molecule has 1 unspecified atom stereocenters. The number of hydrogen-bond acceptors (Lipinski definition) is 2. The zero-order valence-corrected chi connectivity index (χ0v) is 11.3. The zero-order valence-electron chi connectivity index (χ0n) is 9.00. The Labute approximate surface area is 105 Å². The molecule has 0 saturated carbocycles. The summed E-state index contributed by atoms with van der Waals surface area (Å²) in [5.41, 5.74) is 7.08. The van der Waals surface area contributed by atoms with Gasteiger partial charge in [0.25, 0.3) is 0 Å². The van der Waals surface area contributed by atoms with Gasteiger partial charge in [0.05, 0.1) is 0 Å². The van der Waals surface area contributed by atoms with E-state index < -0.39 is 0 Å². The van der Waals surface area contributed by atoms with E-state index in [-0.39, 0.29) is 6.04 Å². The molecule has 1 aromatic carbocycles. The van der Waals surface area contributed by atoms with E-state index in [1.54, 1.807) is 0 Å². The molecule has 0 fully saturated rings. The van der Waals surface area contributed by atoms with E-state index in [1.807, 2.05) is 32.3 Å². The van der Waals surface area contributed by atoms with Crippen LogP contribution in [0.4, 0.5) is 0 Å². The van der Waals surface area contributed by atoms with Gasteiger partial charge in [-0.05, 0) is 44.8 Å². The van der Waals surface area contributed by atoms with Gasteiger partial charge in [0.1, 0.15) is 0 Å². The molecule has 2 N–H and O–H groups in total. The number of nitrogens with zero attached hydrogens (tertiary/aromatic N) is 1. The third-order valence-corrected chi connectivity index (χ3v) is 3.07. The van der Waals surface area contributed by atoms with Gasteiger partial charge < -0.3 is 10.6 Å². The molecule has 0 saturated heterocycles. The smallest absolute Gasteiger partial charge is 0.0464 e. The molecule has 0 radical (unpaired) electrons. The molecule has 0 bridgehead atoms. The van der Waals surface area contributed by atoms with Crippen LogP contribution in [0.1, 0.15) is 18.0 Å². The fourth-order valence-corrected chi connectivity index (χ4v) is 2.17. The minimum atomic E-state index is 0.00741. The van der Waals surface area contributed by atoms with E-state index >= 15 is 0 Å². The van der Waals surface area contributed by atoms with Crippen molar-refractivity contribution in [2.75, 3.05) is 20.6 Å². The molecule has 0 aromatic heterocycles. The van der Waals surface area contributed by atoms with Crippen molar-refractivity contribution < 1.29 is 0 Å². The second kappa shape index (κ2) is 5.85. The van der Waals surface area contributed by atoms with Crippen molar-refractivity contribution in [3.63, 3.8) is 0 Å². The summed E-state index contributed by atoms with van der Waals surface area (Å²) in [6.07, 6.45) is 0.911. The van der Waals surface area contributed by atoms with E-state index in [9.17, 15) is 0 Å². The lowest BCUT2D eigenvalue weighted by atomic mass is 10.0. The van der Waals surface area contributed by atoms with Crippen molar-refractivity contribution >= 4 is 27.5 Å². The molecule has 0 aliphatic heterocycles. The highest BCUT2D eigenvalue weighted by Crippen LogP contribution is 2.26. The van der Waals surface area contributed by atoms with Crippen molar-refractivity contribution in [3.8, 4) is 0 Å². The van der Waals surface area contributed by atoms with Gasteiger partial charge in [-0.3, -0.25) is 0 Å². The van der Waals surface area contributed by atoms with Gasteiger partial charge in [0, 0.05) is 15.5 Å². The molecular weight excluding hydrogens is 275 g/mol. The monoisotopic (exact) mass is 290 g/mol. The Hall–Kier alpha value is -0.0900. The van der Waals surface area contributed by atoms with Crippen LogP contribution in [0.5, 0.6) is 0 Å². The first-order valence-corrected chi connectivity index (χ1v) is 6.03. The first kappa shape index (κ1) is 13.0. The Morgan fingerprint density at radius 3 is 2.67 bits per heavy atom. The van der Waals surface area contributed by atoms with Crippen LogP contribution in [0.2, 0.25) is 5.02 Å². The predicted octanol–water partition coefficient (Wildman–Crippen LogP) is 3.05. The Bertz CT molecular complexity index is 328. The van der Waals surface area contributed by atoms with Crippen LogP contribution in [0.3, 0.4) is 0 Å². The van der Waals surface area contributed by atoms with Gasteiger partial charge in [-0.15, -0.1) is 0 Å². The molecule has 0 spiro atoms. The summed E-state index contributed by atoms with van der Waals surface area (Å²) in [4.78, 5) is 2.12. The molecule has 0 aliphatic rings. The Kier molecular flexibility index (Phi) is 5.06. The molecule has 1 rings (SSSR count). The maximum Gasteiger partial charge on any atom is 0.0464 e. The summed E-state index contributed by atoms with van der Waals surface area (Å²) in [7, 11) is 4.08. The van der Waals surface area contributed by atoms with Crippen molar-refractivity contribution in [1.82, 2.24) is 4.90 Å². The highest BCUT2D eigenvalue weighted by Gasteiger charge is 2.10. The zero-order chi connectivity index (χ0) is 11.4. The minimum absolute atomic E-state index is 0.00741. The summed E-state index contributed by atoms with van der Waals surface area (Å²) in [6, 6.07) is 5.84. The van der Waals surface area contributed by atoms with E-state index in [2.05, 4.69) is 20.8 Å². The second-order valence-electron chi connectivity index (χ2n) is 3.86. The first-order chi connectivity index (χ1) is 7.00. The predicted molar refractivity (Wildman–Crippen MR) is 69.3 cm³/mol. The average Bonchev–Trinajstić information content (AvgIpc) is 2.14. The van der Waals surface area contributed by atoms with Gasteiger partial charge in [0.2, 0.25) is 0 Å². The summed E-state index contributed by atoms with van der Waals surface area (Å²) >= 11 is 9.49. The molecule has 4 heteroatoms. The highest BCUT2D eigenvalue weighted by molar-refractivity contribution is 9.10. The fraction of sp³-hybridized carbons (Fsp3) is 0.455. The number of benzene rings is 1.